The molecule has 0 radical (unpaired) electrons. The van der Waals surface area contributed by atoms with Crippen LogP contribution in [-0.4, -0.2) is 19.7 Å². The molecule has 3 heteroatoms. The van der Waals surface area contributed by atoms with Crippen LogP contribution < -0.4 is 9.64 Å². The Balaban J connectivity index is 2.35. The molecule has 1 atom stereocenters. The van der Waals surface area contributed by atoms with Crippen molar-refractivity contribution in [2.45, 2.75) is 19.4 Å². The van der Waals surface area contributed by atoms with E-state index in [9.17, 15) is 0 Å². The first kappa shape index (κ1) is 9.85. The van der Waals surface area contributed by atoms with E-state index in [2.05, 4.69) is 17.9 Å². The lowest BCUT2D eigenvalue weighted by atomic mass is 10.0. The van der Waals surface area contributed by atoms with Crippen LogP contribution in [0, 0.1) is 11.3 Å². The maximum absolute atomic E-state index is 8.79. The first-order valence-electron chi connectivity index (χ1n) is 5.11. The van der Waals surface area contributed by atoms with Crippen molar-refractivity contribution in [3.63, 3.8) is 0 Å². The average molecular weight is 202 g/mol. The summed E-state index contributed by atoms with van der Waals surface area (Å²) in [6.07, 6.45) is 1.23. The summed E-state index contributed by atoms with van der Waals surface area (Å²) in [6.45, 7) is 3.27. The van der Waals surface area contributed by atoms with E-state index in [-0.39, 0.29) is 0 Å². The van der Waals surface area contributed by atoms with Gasteiger partial charge in [-0.15, -0.1) is 0 Å². The molecule has 1 aromatic carbocycles. The van der Waals surface area contributed by atoms with E-state index in [1.165, 1.54) is 6.42 Å². The smallest absolute Gasteiger partial charge is 0.143 e. The zero-order chi connectivity index (χ0) is 10.8. The van der Waals surface area contributed by atoms with Gasteiger partial charge >= 0.3 is 0 Å². The van der Waals surface area contributed by atoms with Crippen molar-refractivity contribution in [1.82, 2.24) is 0 Å². The standard InChI is InChI=1S/C12H14N2O/c1-9-5-6-14(9)11-4-3-10(8-13)7-12(11)15-2/h3-4,7,9H,5-6H2,1-2H3. The highest BCUT2D eigenvalue weighted by Gasteiger charge is 2.26. The summed E-state index contributed by atoms with van der Waals surface area (Å²) < 4.78 is 5.30. The Kier molecular flexibility index (Phi) is 2.51. The predicted molar refractivity (Wildman–Crippen MR) is 59.1 cm³/mol. The molecule has 2 rings (SSSR count). The average Bonchev–Trinajstić information content (AvgIpc) is 2.27. The van der Waals surface area contributed by atoms with Crippen LogP contribution in [0.25, 0.3) is 0 Å². The Bertz CT molecular complexity index is 409. The van der Waals surface area contributed by atoms with Crippen LogP contribution in [0.15, 0.2) is 18.2 Å². The van der Waals surface area contributed by atoms with Crippen LogP contribution in [0.4, 0.5) is 5.69 Å². The topological polar surface area (TPSA) is 36.3 Å². The van der Waals surface area contributed by atoms with Crippen LogP contribution in [0.5, 0.6) is 5.75 Å². The lowest BCUT2D eigenvalue weighted by molar-refractivity contribution is 0.404. The number of anilines is 1. The van der Waals surface area contributed by atoms with Crippen molar-refractivity contribution in [2.75, 3.05) is 18.6 Å². The number of hydrogen-bond donors (Lipinski definition) is 0. The van der Waals surface area contributed by atoms with Crippen LogP contribution >= 0.6 is 0 Å². The number of hydrogen-bond acceptors (Lipinski definition) is 3. The second kappa shape index (κ2) is 3.82. The maximum atomic E-state index is 8.79. The third kappa shape index (κ3) is 1.63. The minimum absolute atomic E-state index is 0.576. The van der Waals surface area contributed by atoms with E-state index in [1.807, 2.05) is 12.1 Å². The fraction of sp³-hybridized carbons (Fsp3) is 0.417. The summed E-state index contributed by atoms with van der Waals surface area (Å²) in [7, 11) is 1.64. The van der Waals surface area contributed by atoms with E-state index in [0.29, 0.717) is 11.6 Å². The summed E-state index contributed by atoms with van der Waals surface area (Å²) in [5.41, 5.74) is 1.74. The van der Waals surface area contributed by atoms with E-state index >= 15 is 0 Å². The lowest BCUT2D eigenvalue weighted by Gasteiger charge is -2.41. The monoisotopic (exact) mass is 202 g/mol. The van der Waals surface area contributed by atoms with Gasteiger partial charge in [-0.1, -0.05) is 0 Å². The zero-order valence-corrected chi connectivity index (χ0v) is 9.03. The number of rotatable bonds is 2. The summed E-state index contributed by atoms with van der Waals surface area (Å²) in [5, 5.41) is 8.79. The maximum Gasteiger partial charge on any atom is 0.143 e. The number of benzene rings is 1. The van der Waals surface area contributed by atoms with E-state index in [0.717, 1.165) is 18.0 Å². The fourth-order valence-corrected chi connectivity index (χ4v) is 1.86. The third-order valence-electron chi connectivity index (χ3n) is 2.94. The minimum atomic E-state index is 0.576. The molecule has 78 valence electrons. The Morgan fingerprint density at radius 1 is 1.53 bits per heavy atom. The molecule has 0 amide bonds. The molecule has 0 aromatic heterocycles. The molecule has 0 bridgehead atoms. The zero-order valence-electron chi connectivity index (χ0n) is 9.03. The molecule has 1 aliphatic rings. The molecular formula is C12H14N2O. The van der Waals surface area contributed by atoms with Crippen LogP contribution in [-0.2, 0) is 0 Å². The molecule has 1 fully saturated rings. The number of nitrogens with zero attached hydrogens (tertiary/aromatic N) is 2. The van der Waals surface area contributed by atoms with Crippen molar-refractivity contribution < 1.29 is 4.74 Å². The molecule has 0 saturated carbocycles. The molecule has 0 N–H and O–H groups in total. The summed E-state index contributed by atoms with van der Waals surface area (Å²) >= 11 is 0. The van der Waals surface area contributed by atoms with Gasteiger partial charge in [-0.2, -0.15) is 5.26 Å². The number of nitriles is 1. The van der Waals surface area contributed by atoms with Gasteiger partial charge in [-0.25, -0.2) is 0 Å². The molecule has 1 saturated heterocycles. The van der Waals surface area contributed by atoms with Crippen molar-refractivity contribution in [2.24, 2.45) is 0 Å². The van der Waals surface area contributed by atoms with Crippen LogP contribution in [0.3, 0.4) is 0 Å². The molecule has 1 unspecified atom stereocenters. The van der Waals surface area contributed by atoms with Gasteiger partial charge < -0.3 is 9.64 Å². The molecule has 15 heavy (non-hydrogen) atoms. The quantitative estimate of drug-likeness (QED) is 0.737. The van der Waals surface area contributed by atoms with Crippen LogP contribution in [0.1, 0.15) is 18.9 Å². The SMILES string of the molecule is COc1cc(C#N)ccc1N1CCC1C. The summed E-state index contributed by atoms with van der Waals surface area (Å²) in [6, 6.07) is 8.29. The highest BCUT2D eigenvalue weighted by molar-refractivity contribution is 5.63. The van der Waals surface area contributed by atoms with Gasteiger partial charge in [0.05, 0.1) is 24.4 Å². The van der Waals surface area contributed by atoms with E-state index in [4.69, 9.17) is 10.00 Å². The predicted octanol–water partition coefficient (Wildman–Crippen LogP) is 2.17. The molecule has 0 spiro atoms. The van der Waals surface area contributed by atoms with Crippen molar-refractivity contribution in [3.05, 3.63) is 23.8 Å². The first-order valence-corrected chi connectivity index (χ1v) is 5.11. The molecule has 0 aliphatic carbocycles. The van der Waals surface area contributed by atoms with Crippen LogP contribution in [0.2, 0.25) is 0 Å². The van der Waals surface area contributed by atoms with Crippen molar-refractivity contribution in [3.8, 4) is 11.8 Å². The Morgan fingerprint density at radius 3 is 2.80 bits per heavy atom. The normalized spacial score (nSPS) is 19.3. The van der Waals surface area contributed by atoms with E-state index < -0.39 is 0 Å². The Hall–Kier alpha value is -1.69. The molecule has 1 heterocycles. The van der Waals surface area contributed by atoms with Crippen molar-refractivity contribution in [1.29, 1.82) is 5.26 Å². The Morgan fingerprint density at radius 2 is 2.33 bits per heavy atom. The second-order valence-electron chi connectivity index (χ2n) is 3.83. The van der Waals surface area contributed by atoms with Gasteiger partial charge in [0.2, 0.25) is 0 Å². The molecule has 1 aromatic rings. The highest BCUT2D eigenvalue weighted by Crippen LogP contribution is 2.34. The van der Waals surface area contributed by atoms with E-state index in [1.54, 1.807) is 13.2 Å². The fourth-order valence-electron chi connectivity index (χ4n) is 1.86. The van der Waals surface area contributed by atoms with Gasteiger partial charge in [0, 0.05) is 18.7 Å². The molecule has 3 nitrogen and oxygen atoms in total. The number of ether oxygens (including phenoxy) is 1. The molecular weight excluding hydrogens is 188 g/mol. The lowest BCUT2D eigenvalue weighted by Crippen LogP contribution is -2.45. The highest BCUT2D eigenvalue weighted by atomic mass is 16.5. The van der Waals surface area contributed by atoms with Gasteiger partial charge in [-0.3, -0.25) is 0 Å². The largest absolute Gasteiger partial charge is 0.495 e. The Labute approximate surface area is 89.9 Å². The van der Waals surface area contributed by atoms with Gasteiger partial charge in [0.1, 0.15) is 5.75 Å². The van der Waals surface area contributed by atoms with Gasteiger partial charge in [-0.05, 0) is 25.5 Å². The second-order valence-corrected chi connectivity index (χ2v) is 3.83. The number of methoxy groups -OCH3 is 1. The van der Waals surface area contributed by atoms with Crippen molar-refractivity contribution >= 4 is 5.69 Å². The summed E-state index contributed by atoms with van der Waals surface area (Å²) in [4.78, 5) is 2.29. The third-order valence-corrected chi connectivity index (χ3v) is 2.94. The van der Waals surface area contributed by atoms with Gasteiger partial charge in [0.15, 0.2) is 0 Å². The van der Waals surface area contributed by atoms with Gasteiger partial charge in [0.25, 0.3) is 0 Å². The summed E-state index contributed by atoms with van der Waals surface area (Å²) in [5.74, 6) is 0.792. The molecule has 1 aliphatic heterocycles. The first-order chi connectivity index (χ1) is 7.26. The minimum Gasteiger partial charge on any atom is -0.495 e.